The molecule has 1 aliphatic rings. The Morgan fingerprint density at radius 3 is 2.41 bits per heavy atom. The van der Waals surface area contributed by atoms with Crippen LogP contribution in [0, 0.1) is 5.92 Å². The number of fused-ring (bicyclic) bond motifs is 1. The van der Waals surface area contributed by atoms with Crippen LogP contribution < -0.4 is 16.0 Å². The fraction of sp³-hybridized carbons (Fsp3) is 0.429. The van der Waals surface area contributed by atoms with E-state index in [9.17, 15) is 22.8 Å². The molecular formula is C28H30F3N5O3. The monoisotopic (exact) mass is 541 g/mol. The highest BCUT2D eigenvalue weighted by Crippen LogP contribution is 2.34. The summed E-state index contributed by atoms with van der Waals surface area (Å²) in [6.07, 6.45) is -0.109. The minimum Gasteiger partial charge on any atom is -0.477 e. The Morgan fingerprint density at radius 1 is 1.08 bits per heavy atom. The van der Waals surface area contributed by atoms with Gasteiger partial charge in [-0.3, -0.25) is 13.9 Å². The number of benzene rings is 1. The van der Waals surface area contributed by atoms with Crippen molar-refractivity contribution in [3.63, 3.8) is 0 Å². The highest BCUT2D eigenvalue weighted by molar-refractivity contribution is 5.78. The van der Waals surface area contributed by atoms with Gasteiger partial charge in [-0.1, -0.05) is 19.1 Å². The minimum absolute atomic E-state index is 0.0542. The molecule has 5 rings (SSSR count). The van der Waals surface area contributed by atoms with Crippen molar-refractivity contribution in [2.75, 3.05) is 6.61 Å². The maximum Gasteiger partial charge on any atom is 0.416 e. The molecule has 0 aliphatic heterocycles. The van der Waals surface area contributed by atoms with E-state index in [1.165, 1.54) is 21.3 Å². The highest BCUT2D eigenvalue weighted by Gasteiger charge is 2.30. The second kappa shape index (κ2) is 10.3. The molecule has 0 bridgehead atoms. The van der Waals surface area contributed by atoms with Crippen LogP contribution in [0.2, 0.25) is 0 Å². The molecule has 11 heteroatoms. The first-order chi connectivity index (χ1) is 18.6. The Kier molecular flexibility index (Phi) is 7.09. The van der Waals surface area contributed by atoms with Crippen molar-refractivity contribution in [2.24, 2.45) is 5.92 Å². The first kappa shape index (κ1) is 26.7. The third-order valence-corrected chi connectivity index (χ3v) is 6.81. The molecule has 0 atom stereocenters. The van der Waals surface area contributed by atoms with Crippen LogP contribution in [-0.4, -0.2) is 30.3 Å². The van der Waals surface area contributed by atoms with E-state index >= 15 is 0 Å². The predicted molar refractivity (Wildman–Crippen MR) is 141 cm³/mol. The highest BCUT2D eigenvalue weighted by atomic mass is 19.4. The first-order valence-corrected chi connectivity index (χ1v) is 13.1. The van der Waals surface area contributed by atoms with Crippen LogP contribution in [0.25, 0.3) is 22.6 Å². The summed E-state index contributed by atoms with van der Waals surface area (Å²) in [6.45, 7) is 6.33. The predicted octanol–water partition coefficient (Wildman–Crippen LogP) is 5.27. The van der Waals surface area contributed by atoms with Crippen molar-refractivity contribution in [3.8, 4) is 17.3 Å². The lowest BCUT2D eigenvalue weighted by Gasteiger charge is -2.15. The largest absolute Gasteiger partial charge is 0.477 e. The van der Waals surface area contributed by atoms with Gasteiger partial charge in [-0.05, 0) is 68.9 Å². The smallest absolute Gasteiger partial charge is 0.416 e. The van der Waals surface area contributed by atoms with Crippen LogP contribution in [0.1, 0.15) is 57.2 Å². The van der Waals surface area contributed by atoms with E-state index in [4.69, 9.17) is 9.72 Å². The quantitative estimate of drug-likeness (QED) is 0.288. The molecule has 3 aromatic heterocycles. The zero-order valence-corrected chi connectivity index (χ0v) is 22.0. The zero-order valence-electron chi connectivity index (χ0n) is 22.0. The molecule has 4 aromatic rings. The van der Waals surface area contributed by atoms with Crippen LogP contribution >= 0.6 is 0 Å². The van der Waals surface area contributed by atoms with E-state index in [1.807, 2.05) is 20.8 Å². The van der Waals surface area contributed by atoms with Gasteiger partial charge in [-0.25, -0.2) is 14.8 Å². The van der Waals surface area contributed by atoms with Gasteiger partial charge in [-0.15, -0.1) is 0 Å². The SMILES string of the molecule is CCCn1c(=O)c2c(nc(-c3cccnc3OCC3CC3)n2Cc2ccc(C(F)(F)F)cc2)n(C(C)C)c1=O. The average molecular weight is 542 g/mol. The van der Waals surface area contributed by atoms with E-state index in [1.54, 1.807) is 22.9 Å². The summed E-state index contributed by atoms with van der Waals surface area (Å²) in [5.41, 5.74) is -0.226. The molecule has 0 saturated heterocycles. The Morgan fingerprint density at radius 2 is 1.79 bits per heavy atom. The van der Waals surface area contributed by atoms with Crippen LogP contribution in [0.4, 0.5) is 13.2 Å². The second-order valence-electron chi connectivity index (χ2n) is 10.2. The molecule has 1 fully saturated rings. The summed E-state index contributed by atoms with van der Waals surface area (Å²) < 4.78 is 49.9. The molecule has 39 heavy (non-hydrogen) atoms. The van der Waals surface area contributed by atoms with E-state index in [-0.39, 0.29) is 30.3 Å². The molecule has 206 valence electrons. The average Bonchev–Trinajstić information content (AvgIpc) is 3.65. The second-order valence-corrected chi connectivity index (χ2v) is 10.2. The van der Waals surface area contributed by atoms with E-state index < -0.39 is 23.0 Å². The van der Waals surface area contributed by atoms with Crippen LogP contribution in [-0.2, 0) is 19.3 Å². The maximum atomic E-state index is 13.8. The summed E-state index contributed by atoms with van der Waals surface area (Å²) in [5, 5.41) is 0. The minimum atomic E-state index is -4.46. The molecule has 1 aromatic carbocycles. The van der Waals surface area contributed by atoms with Crippen molar-refractivity contribution >= 4 is 11.2 Å². The number of hydrogen-bond donors (Lipinski definition) is 0. The molecule has 8 nitrogen and oxygen atoms in total. The lowest BCUT2D eigenvalue weighted by atomic mass is 10.1. The normalized spacial score (nSPS) is 13.9. The number of imidazole rings is 1. The Balaban J connectivity index is 1.76. The summed E-state index contributed by atoms with van der Waals surface area (Å²) in [6, 6.07) is 8.01. The van der Waals surface area contributed by atoms with Gasteiger partial charge in [0.05, 0.1) is 17.7 Å². The van der Waals surface area contributed by atoms with E-state index in [2.05, 4.69) is 4.98 Å². The van der Waals surface area contributed by atoms with Gasteiger partial charge < -0.3 is 9.30 Å². The van der Waals surface area contributed by atoms with Gasteiger partial charge >= 0.3 is 11.9 Å². The van der Waals surface area contributed by atoms with Gasteiger partial charge in [-0.2, -0.15) is 13.2 Å². The van der Waals surface area contributed by atoms with E-state index in [0.717, 1.165) is 25.0 Å². The van der Waals surface area contributed by atoms with Gasteiger partial charge in [0.15, 0.2) is 11.2 Å². The van der Waals surface area contributed by atoms with Crippen LogP contribution in [0.3, 0.4) is 0 Å². The lowest BCUT2D eigenvalue weighted by Crippen LogP contribution is -2.41. The molecule has 3 heterocycles. The van der Waals surface area contributed by atoms with Crippen molar-refractivity contribution in [3.05, 3.63) is 74.6 Å². The number of rotatable bonds is 9. The number of ether oxygens (including phenoxy) is 1. The number of halogens is 3. The van der Waals surface area contributed by atoms with Crippen LogP contribution in [0.5, 0.6) is 5.88 Å². The van der Waals surface area contributed by atoms with Gasteiger partial charge in [0.25, 0.3) is 5.56 Å². The summed E-state index contributed by atoms with van der Waals surface area (Å²) in [7, 11) is 0. The number of hydrogen-bond acceptors (Lipinski definition) is 5. The molecule has 0 N–H and O–H groups in total. The molecule has 1 saturated carbocycles. The van der Waals surface area contributed by atoms with Crippen molar-refractivity contribution in [1.82, 2.24) is 23.7 Å². The number of nitrogens with zero attached hydrogens (tertiary/aromatic N) is 5. The van der Waals surface area contributed by atoms with Crippen molar-refractivity contribution in [2.45, 2.75) is 65.3 Å². The van der Waals surface area contributed by atoms with Gasteiger partial charge in [0.2, 0.25) is 5.88 Å². The molecule has 1 aliphatic carbocycles. The van der Waals surface area contributed by atoms with Crippen molar-refractivity contribution < 1.29 is 17.9 Å². The fourth-order valence-electron chi connectivity index (χ4n) is 4.64. The van der Waals surface area contributed by atoms with Crippen molar-refractivity contribution in [1.29, 1.82) is 0 Å². The topological polar surface area (TPSA) is 83.9 Å². The third kappa shape index (κ3) is 5.22. The Bertz CT molecular complexity index is 1610. The number of aromatic nitrogens is 5. The summed E-state index contributed by atoms with van der Waals surface area (Å²) >= 11 is 0. The zero-order chi connectivity index (χ0) is 27.9. The number of pyridine rings is 1. The lowest BCUT2D eigenvalue weighted by molar-refractivity contribution is -0.137. The first-order valence-electron chi connectivity index (χ1n) is 13.1. The maximum absolute atomic E-state index is 13.8. The van der Waals surface area contributed by atoms with Gasteiger partial charge in [0, 0.05) is 25.3 Å². The fourth-order valence-corrected chi connectivity index (χ4v) is 4.64. The molecule has 0 unspecified atom stereocenters. The Labute approximate surface area is 222 Å². The van der Waals surface area contributed by atoms with E-state index in [0.29, 0.717) is 41.8 Å². The number of alkyl halides is 3. The molecule has 0 radical (unpaired) electrons. The van der Waals surface area contributed by atoms with Gasteiger partial charge in [0.1, 0.15) is 5.82 Å². The summed E-state index contributed by atoms with van der Waals surface area (Å²) in [5.74, 6) is 1.17. The molecular weight excluding hydrogens is 511 g/mol. The molecule has 0 amide bonds. The summed E-state index contributed by atoms with van der Waals surface area (Å²) in [4.78, 5) is 36.3. The van der Waals surface area contributed by atoms with Crippen LogP contribution in [0.15, 0.2) is 52.2 Å². The standard InChI is InChI=1S/C28H30F3N5O3/c1-4-14-34-26(37)22-24(36(17(2)3)27(34)38)33-23(21-6-5-13-32-25(21)39-16-19-7-8-19)35(22)15-18-9-11-20(12-10-18)28(29,30)31/h5-6,9-13,17,19H,4,7-8,14-16H2,1-3H3. The Hall–Kier alpha value is -3.89. The third-order valence-electron chi connectivity index (χ3n) is 6.81. The molecule has 0 spiro atoms.